The first-order chi connectivity index (χ1) is 10.1. The van der Waals surface area contributed by atoms with Crippen LogP contribution in [0.3, 0.4) is 0 Å². The Morgan fingerprint density at radius 3 is 2.62 bits per heavy atom. The minimum atomic E-state index is -0.359. The number of carbonyl (C=O) groups is 2. The normalized spacial score (nSPS) is 10.1. The fraction of sp³-hybridized carbons (Fsp3) is 0.250. The van der Waals surface area contributed by atoms with Gasteiger partial charge in [-0.3, -0.25) is 9.59 Å². The molecule has 0 radical (unpaired) electrons. The summed E-state index contributed by atoms with van der Waals surface area (Å²) >= 11 is 1.61. The minimum absolute atomic E-state index is 0.253. The van der Waals surface area contributed by atoms with Crippen LogP contribution in [-0.4, -0.2) is 18.5 Å². The highest BCUT2D eigenvalue weighted by Gasteiger charge is 2.08. The van der Waals surface area contributed by atoms with Gasteiger partial charge in [0.25, 0.3) is 5.91 Å². The van der Waals surface area contributed by atoms with Gasteiger partial charge in [0.1, 0.15) is 0 Å². The average Bonchev–Trinajstić information content (AvgIpc) is 2.99. The van der Waals surface area contributed by atoms with E-state index in [2.05, 4.69) is 5.32 Å². The van der Waals surface area contributed by atoms with Crippen LogP contribution in [0.25, 0.3) is 0 Å². The molecule has 1 heterocycles. The highest BCUT2D eigenvalue weighted by atomic mass is 32.1. The number of amides is 1. The summed E-state index contributed by atoms with van der Waals surface area (Å²) in [7, 11) is 0. The summed E-state index contributed by atoms with van der Waals surface area (Å²) < 4.78 is 4.95. The molecule has 0 spiro atoms. The van der Waals surface area contributed by atoms with Gasteiger partial charge in [0, 0.05) is 10.6 Å². The van der Waals surface area contributed by atoms with Crippen LogP contribution >= 0.6 is 11.3 Å². The van der Waals surface area contributed by atoms with Crippen LogP contribution in [0.4, 0.5) is 5.69 Å². The third-order valence-corrected chi connectivity index (χ3v) is 3.79. The van der Waals surface area contributed by atoms with Crippen molar-refractivity contribution in [3.05, 3.63) is 52.2 Å². The Bertz CT molecular complexity index is 590. The Morgan fingerprint density at radius 2 is 1.95 bits per heavy atom. The number of carbonyl (C=O) groups excluding carboxylic acids is 2. The van der Waals surface area contributed by atoms with E-state index in [-0.39, 0.29) is 18.5 Å². The largest absolute Gasteiger partial charge is 0.456 e. The molecular formula is C16H17NO3S. The maximum absolute atomic E-state index is 11.6. The fourth-order valence-corrected chi connectivity index (χ4v) is 2.44. The number of nitrogens with one attached hydrogen (secondary N) is 1. The molecule has 0 unspecified atom stereocenters. The molecule has 0 saturated carbocycles. The second-order valence-electron chi connectivity index (χ2n) is 4.65. The van der Waals surface area contributed by atoms with E-state index in [4.69, 9.17) is 4.74 Å². The molecule has 0 aliphatic carbocycles. The van der Waals surface area contributed by atoms with Crippen molar-refractivity contribution in [1.29, 1.82) is 0 Å². The summed E-state index contributed by atoms with van der Waals surface area (Å²) in [4.78, 5) is 24.3. The monoisotopic (exact) mass is 303 g/mol. The zero-order valence-electron chi connectivity index (χ0n) is 11.8. The Labute approximate surface area is 127 Å². The van der Waals surface area contributed by atoms with Crippen molar-refractivity contribution in [2.24, 2.45) is 0 Å². The van der Waals surface area contributed by atoms with Crippen molar-refractivity contribution < 1.29 is 14.3 Å². The molecule has 21 heavy (non-hydrogen) atoms. The Hall–Kier alpha value is -2.14. The Morgan fingerprint density at radius 1 is 1.19 bits per heavy atom. The second kappa shape index (κ2) is 7.59. The van der Waals surface area contributed by atoms with E-state index in [1.165, 1.54) is 0 Å². The van der Waals surface area contributed by atoms with Crippen LogP contribution < -0.4 is 5.32 Å². The zero-order chi connectivity index (χ0) is 15.1. The molecule has 0 aliphatic heterocycles. The summed E-state index contributed by atoms with van der Waals surface area (Å²) in [6, 6.07) is 11.4. The van der Waals surface area contributed by atoms with Gasteiger partial charge in [-0.25, -0.2) is 0 Å². The van der Waals surface area contributed by atoms with Crippen molar-refractivity contribution in [1.82, 2.24) is 0 Å². The molecule has 0 atom stereocenters. The topological polar surface area (TPSA) is 55.4 Å². The Balaban J connectivity index is 1.68. The molecule has 1 aromatic heterocycles. The zero-order valence-corrected chi connectivity index (χ0v) is 12.6. The molecule has 0 fully saturated rings. The second-order valence-corrected chi connectivity index (χ2v) is 5.69. The lowest BCUT2D eigenvalue weighted by molar-refractivity contribution is -0.147. The molecule has 4 nitrogen and oxygen atoms in total. The van der Waals surface area contributed by atoms with E-state index in [0.717, 1.165) is 10.4 Å². The van der Waals surface area contributed by atoms with Crippen LogP contribution in [0, 0.1) is 6.92 Å². The predicted molar refractivity (Wildman–Crippen MR) is 83.4 cm³/mol. The number of ether oxygens (including phenoxy) is 1. The van der Waals surface area contributed by atoms with Crippen molar-refractivity contribution in [3.8, 4) is 0 Å². The number of hydrogen-bond donors (Lipinski definition) is 1. The molecule has 0 aliphatic rings. The van der Waals surface area contributed by atoms with Gasteiger partial charge in [-0.15, -0.1) is 11.3 Å². The maximum atomic E-state index is 11.6. The Kier molecular flexibility index (Phi) is 5.51. The first-order valence-electron chi connectivity index (χ1n) is 6.68. The summed E-state index contributed by atoms with van der Waals surface area (Å²) in [6.45, 7) is 1.72. The van der Waals surface area contributed by atoms with Gasteiger partial charge in [0.05, 0.1) is 6.42 Å². The van der Waals surface area contributed by atoms with Gasteiger partial charge in [-0.05, 0) is 36.9 Å². The quantitative estimate of drug-likeness (QED) is 0.834. The lowest BCUT2D eigenvalue weighted by Gasteiger charge is -2.06. The van der Waals surface area contributed by atoms with Gasteiger partial charge >= 0.3 is 5.97 Å². The number of anilines is 1. The number of benzene rings is 1. The van der Waals surface area contributed by atoms with Crippen LogP contribution in [0.5, 0.6) is 0 Å². The highest BCUT2D eigenvalue weighted by molar-refractivity contribution is 7.09. The van der Waals surface area contributed by atoms with Crippen LogP contribution in [-0.2, 0) is 20.7 Å². The molecule has 2 aromatic rings. The van der Waals surface area contributed by atoms with Gasteiger partial charge < -0.3 is 10.1 Å². The van der Waals surface area contributed by atoms with Crippen molar-refractivity contribution in [2.45, 2.75) is 19.8 Å². The van der Waals surface area contributed by atoms with Crippen LogP contribution in [0.2, 0.25) is 0 Å². The van der Waals surface area contributed by atoms with Crippen LogP contribution in [0.1, 0.15) is 16.9 Å². The summed E-state index contributed by atoms with van der Waals surface area (Å²) in [6.07, 6.45) is 0.939. The van der Waals surface area contributed by atoms with Gasteiger partial charge in [0.15, 0.2) is 6.61 Å². The number of rotatable bonds is 6. The first-order valence-corrected chi connectivity index (χ1v) is 7.56. The lowest BCUT2D eigenvalue weighted by atomic mass is 10.2. The number of hydrogen-bond acceptors (Lipinski definition) is 4. The molecular weight excluding hydrogens is 286 g/mol. The summed E-state index contributed by atoms with van der Waals surface area (Å²) in [5.74, 6) is -0.689. The smallest absolute Gasteiger partial charge is 0.306 e. The molecule has 0 bridgehead atoms. The first kappa shape index (κ1) is 15.3. The molecule has 1 aromatic carbocycles. The van der Waals surface area contributed by atoms with Gasteiger partial charge in [-0.2, -0.15) is 0 Å². The van der Waals surface area contributed by atoms with Crippen molar-refractivity contribution in [3.63, 3.8) is 0 Å². The van der Waals surface area contributed by atoms with E-state index in [9.17, 15) is 9.59 Å². The number of esters is 1. The van der Waals surface area contributed by atoms with E-state index in [1.54, 1.807) is 11.3 Å². The maximum Gasteiger partial charge on any atom is 0.306 e. The van der Waals surface area contributed by atoms with Crippen LogP contribution in [0.15, 0.2) is 41.8 Å². The minimum Gasteiger partial charge on any atom is -0.456 e. The van der Waals surface area contributed by atoms with E-state index in [0.29, 0.717) is 18.5 Å². The molecule has 1 N–H and O–H groups in total. The summed E-state index contributed by atoms with van der Waals surface area (Å²) in [5.41, 5.74) is 1.81. The van der Waals surface area contributed by atoms with E-state index >= 15 is 0 Å². The third kappa shape index (κ3) is 5.39. The van der Waals surface area contributed by atoms with Crippen molar-refractivity contribution in [2.75, 3.05) is 11.9 Å². The van der Waals surface area contributed by atoms with E-state index in [1.807, 2.05) is 48.7 Å². The molecule has 110 valence electrons. The van der Waals surface area contributed by atoms with Gasteiger partial charge in [-0.1, -0.05) is 23.8 Å². The number of thiophene rings is 1. The third-order valence-electron chi connectivity index (χ3n) is 2.86. The average molecular weight is 303 g/mol. The molecule has 0 saturated heterocycles. The predicted octanol–water partition coefficient (Wildman–Crippen LogP) is 3.17. The summed E-state index contributed by atoms with van der Waals surface area (Å²) in [5, 5.41) is 4.65. The van der Waals surface area contributed by atoms with Crippen molar-refractivity contribution >= 4 is 28.9 Å². The highest BCUT2D eigenvalue weighted by Crippen LogP contribution is 2.11. The lowest BCUT2D eigenvalue weighted by Crippen LogP contribution is -2.20. The SMILES string of the molecule is Cc1ccc(NC(=O)COC(=O)CCc2cccs2)cc1. The van der Waals surface area contributed by atoms with E-state index < -0.39 is 0 Å². The fourth-order valence-electron chi connectivity index (χ4n) is 1.73. The molecule has 5 heteroatoms. The molecule has 1 amide bonds. The molecule has 2 rings (SSSR count). The standard InChI is InChI=1S/C16H17NO3S/c1-12-4-6-13(7-5-12)17-15(18)11-20-16(19)9-8-14-3-2-10-21-14/h2-7,10H,8-9,11H2,1H3,(H,17,18). The number of aryl methyl sites for hydroxylation is 2. The van der Waals surface area contributed by atoms with Gasteiger partial charge in [0.2, 0.25) is 0 Å².